The van der Waals surface area contributed by atoms with E-state index in [1.54, 1.807) is 29.2 Å². The van der Waals surface area contributed by atoms with Gasteiger partial charge in [-0.15, -0.1) is 0 Å². The maximum absolute atomic E-state index is 13.5. The van der Waals surface area contributed by atoms with Crippen molar-refractivity contribution in [1.82, 2.24) is 10.2 Å². The number of anilines is 1. The SMILES string of the molecule is CCC(C(=O)NC(C)C)N(Cc1ccccc1C)C(=O)CCCN(c1ccccc1OC)S(C)(=O)=O. The van der Waals surface area contributed by atoms with E-state index in [-0.39, 0.29) is 37.2 Å². The van der Waals surface area contributed by atoms with Crippen molar-refractivity contribution in [3.05, 3.63) is 59.7 Å². The molecule has 1 N–H and O–H groups in total. The van der Waals surface area contributed by atoms with Gasteiger partial charge in [0, 0.05) is 25.6 Å². The predicted molar refractivity (Wildman–Crippen MR) is 144 cm³/mol. The van der Waals surface area contributed by atoms with Gasteiger partial charge in [-0.2, -0.15) is 0 Å². The molecule has 0 heterocycles. The highest BCUT2D eigenvalue weighted by Crippen LogP contribution is 2.30. The number of para-hydroxylation sites is 2. The third-order valence-corrected chi connectivity index (χ3v) is 7.10. The van der Waals surface area contributed by atoms with Gasteiger partial charge in [0.05, 0.1) is 19.1 Å². The summed E-state index contributed by atoms with van der Waals surface area (Å²) in [4.78, 5) is 28.1. The van der Waals surface area contributed by atoms with Gasteiger partial charge in [0.15, 0.2) is 0 Å². The summed E-state index contributed by atoms with van der Waals surface area (Å²) in [5.74, 6) is 0.0468. The van der Waals surface area contributed by atoms with Gasteiger partial charge in [-0.3, -0.25) is 13.9 Å². The molecule has 2 aromatic rings. The largest absolute Gasteiger partial charge is 0.495 e. The van der Waals surface area contributed by atoms with Gasteiger partial charge in [0.2, 0.25) is 21.8 Å². The third-order valence-electron chi connectivity index (χ3n) is 5.92. The molecule has 198 valence electrons. The maximum Gasteiger partial charge on any atom is 0.243 e. The molecule has 0 aliphatic carbocycles. The Kier molecular flexibility index (Phi) is 10.8. The molecule has 8 nitrogen and oxygen atoms in total. The molecular formula is C27H39N3O5S. The van der Waals surface area contributed by atoms with E-state index in [2.05, 4.69) is 5.32 Å². The number of nitrogens with one attached hydrogen (secondary N) is 1. The number of carbonyl (C=O) groups is 2. The molecule has 0 bridgehead atoms. The minimum absolute atomic E-state index is 0.0499. The Morgan fingerprint density at radius 2 is 1.69 bits per heavy atom. The van der Waals surface area contributed by atoms with Crippen molar-refractivity contribution in [2.75, 3.05) is 24.2 Å². The zero-order valence-corrected chi connectivity index (χ0v) is 23.0. The first kappa shape index (κ1) is 29.2. The van der Waals surface area contributed by atoms with Crippen molar-refractivity contribution in [2.45, 2.75) is 65.6 Å². The van der Waals surface area contributed by atoms with E-state index in [1.807, 2.05) is 52.0 Å². The van der Waals surface area contributed by atoms with Gasteiger partial charge in [-0.1, -0.05) is 43.3 Å². The molecule has 36 heavy (non-hydrogen) atoms. The lowest BCUT2D eigenvalue weighted by molar-refractivity contribution is -0.141. The highest BCUT2D eigenvalue weighted by atomic mass is 32.2. The monoisotopic (exact) mass is 517 g/mol. The minimum Gasteiger partial charge on any atom is -0.495 e. The Morgan fingerprint density at radius 1 is 1.06 bits per heavy atom. The second kappa shape index (κ2) is 13.3. The summed E-state index contributed by atoms with van der Waals surface area (Å²) in [6, 6.07) is 14.0. The number of hydrogen-bond donors (Lipinski definition) is 1. The van der Waals surface area contributed by atoms with E-state index in [1.165, 1.54) is 11.4 Å². The van der Waals surface area contributed by atoms with Crippen LogP contribution in [0.25, 0.3) is 0 Å². The lowest BCUT2D eigenvalue weighted by atomic mass is 10.0. The van der Waals surface area contributed by atoms with Crippen LogP contribution in [0.15, 0.2) is 48.5 Å². The van der Waals surface area contributed by atoms with Crippen molar-refractivity contribution in [1.29, 1.82) is 0 Å². The molecule has 0 spiro atoms. The van der Waals surface area contributed by atoms with Crippen molar-refractivity contribution < 1.29 is 22.7 Å². The first-order valence-electron chi connectivity index (χ1n) is 12.2. The molecule has 2 amide bonds. The fourth-order valence-corrected chi connectivity index (χ4v) is 5.06. The van der Waals surface area contributed by atoms with Gasteiger partial charge in [0.1, 0.15) is 11.8 Å². The molecule has 0 saturated carbocycles. The molecule has 0 saturated heterocycles. The average molecular weight is 518 g/mol. The second-order valence-corrected chi connectivity index (χ2v) is 11.1. The van der Waals surface area contributed by atoms with Crippen LogP contribution in [0, 0.1) is 6.92 Å². The smallest absolute Gasteiger partial charge is 0.243 e. The minimum atomic E-state index is -3.61. The van der Waals surface area contributed by atoms with Crippen LogP contribution in [0.1, 0.15) is 51.2 Å². The van der Waals surface area contributed by atoms with E-state index in [0.717, 1.165) is 17.4 Å². The van der Waals surface area contributed by atoms with Crippen LogP contribution in [-0.4, -0.2) is 57.1 Å². The van der Waals surface area contributed by atoms with Crippen LogP contribution in [0.2, 0.25) is 0 Å². The Labute approximate surface area is 215 Å². The van der Waals surface area contributed by atoms with Crippen molar-refractivity contribution >= 4 is 27.5 Å². The van der Waals surface area contributed by atoms with Crippen LogP contribution >= 0.6 is 0 Å². The van der Waals surface area contributed by atoms with Crippen LogP contribution in [0.4, 0.5) is 5.69 Å². The van der Waals surface area contributed by atoms with E-state index in [9.17, 15) is 18.0 Å². The molecule has 1 atom stereocenters. The molecule has 2 aromatic carbocycles. The van der Waals surface area contributed by atoms with Gasteiger partial charge in [-0.05, 0) is 56.9 Å². The maximum atomic E-state index is 13.5. The van der Waals surface area contributed by atoms with Crippen molar-refractivity contribution in [2.24, 2.45) is 0 Å². The molecular weight excluding hydrogens is 478 g/mol. The highest BCUT2D eigenvalue weighted by Gasteiger charge is 2.29. The molecule has 0 radical (unpaired) electrons. The van der Waals surface area contributed by atoms with Crippen LogP contribution in [0.3, 0.4) is 0 Å². The molecule has 2 rings (SSSR count). The van der Waals surface area contributed by atoms with E-state index < -0.39 is 16.1 Å². The van der Waals surface area contributed by atoms with Gasteiger partial charge >= 0.3 is 0 Å². The highest BCUT2D eigenvalue weighted by molar-refractivity contribution is 7.92. The lowest BCUT2D eigenvalue weighted by Gasteiger charge is -2.32. The fraction of sp³-hybridized carbons (Fsp3) is 0.481. The molecule has 0 fully saturated rings. The number of sulfonamides is 1. The number of hydrogen-bond acceptors (Lipinski definition) is 5. The van der Waals surface area contributed by atoms with E-state index >= 15 is 0 Å². The van der Waals surface area contributed by atoms with Crippen LogP contribution in [0.5, 0.6) is 5.75 Å². The van der Waals surface area contributed by atoms with Crippen LogP contribution in [-0.2, 0) is 26.2 Å². The number of ether oxygens (including phenoxy) is 1. The number of amides is 2. The van der Waals surface area contributed by atoms with Gasteiger partial charge < -0.3 is 15.0 Å². The number of rotatable bonds is 13. The number of carbonyl (C=O) groups excluding carboxylic acids is 2. The summed E-state index contributed by atoms with van der Waals surface area (Å²) in [7, 11) is -2.12. The molecule has 9 heteroatoms. The van der Waals surface area contributed by atoms with Gasteiger partial charge in [-0.25, -0.2) is 8.42 Å². The first-order chi connectivity index (χ1) is 17.0. The van der Waals surface area contributed by atoms with Gasteiger partial charge in [0.25, 0.3) is 0 Å². The third kappa shape index (κ3) is 7.98. The van der Waals surface area contributed by atoms with Crippen molar-refractivity contribution in [3.63, 3.8) is 0 Å². The summed E-state index contributed by atoms with van der Waals surface area (Å²) < 4.78 is 31.7. The molecule has 0 aliphatic rings. The Hall–Kier alpha value is -3.07. The molecule has 0 aromatic heterocycles. The zero-order valence-electron chi connectivity index (χ0n) is 22.2. The summed E-state index contributed by atoms with van der Waals surface area (Å²) in [5.41, 5.74) is 2.43. The topological polar surface area (TPSA) is 96.0 Å². The predicted octanol–water partition coefficient (Wildman–Crippen LogP) is 3.88. The second-order valence-electron chi connectivity index (χ2n) is 9.15. The van der Waals surface area contributed by atoms with Crippen LogP contribution < -0.4 is 14.4 Å². The first-order valence-corrected chi connectivity index (χ1v) is 14.1. The normalized spacial score (nSPS) is 12.2. The quantitative estimate of drug-likeness (QED) is 0.435. The Balaban J connectivity index is 2.26. The summed E-state index contributed by atoms with van der Waals surface area (Å²) in [6.07, 6.45) is 1.98. The summed E-state index contributed by atoms with van der Waals surface area (Å²) in [5, 5.41) is 2.92. The average Bonchev–Trinajstić information content (AvgIpc) is 2.81. The molecule has 1 unspecified atom stereocenters. The van der Waals surface area contributed by atoms with E-state index in [4.69, 9.17) is 4.74 Å². The standard InChI is InChI=1S/C27H39N3O5S/c1-7-23(27(32)28-20(2)3)29(19-22-14-9-8-13-21(22)4)26(31)17-12-18-30(36(6,33)34)24-15-10-11-16-25(24)35-5/h8-11,13-16,20,23H,7,12,17-19H2,1-6H3,(H,28,32). The lowest BCUT2D eigenvalue weighted by Crippen LogP contribution is -2.50. The summed E-state index contributed by atoms with van der Waals surface area (Å²) in [6.45, 7) is 8.04. The summed E-state index contributed by atoms with van der Waals surface area (Å²) >= 11 is 0. The number of aryl methyl sites for hydroxylation is 1. The Bertz CT molecular complexity index is 1130. The van der Waals surface area contributed by atoms with E-state index in [0.29, 0.717) is 24.4 Å². The number of benzene rings is 2. The number of methoxy groups -OCH3 is 1. The fourth-order valence-electron chi connectivity index (χ4n) is 4.09. The Morgan fingerprint density at radius 3 is 2.28 bits per heavy atom. The molecule has 0 aliphatic heterocycles. The van der Waals surface area contributed by atoms with Crippen molar-refractivity contribution in [3.8, 4) is 5.75 Å². The number of nitrogens with zero attached hydrogens (tertiary/aromatic N) is 2. The zero-order chi connectivity index (χ0) is 26.9.